The summed E-state index contributed by atoms with van der Waals surface area (Å²) in [7, 11) is 1.69. The summed E-state index contributed by atoms with van der Waals surface area (Å²) in [4.78, 5) is 41.6. The van der Waals surface area contributed by atoms with E-state index < -0.39 is 17.7 Å². The van der Waals surface area contributed by atoms with Gasteiger partial charge in [-0.05, 0) is 58.2 Å². The van der Waals surface area contributed by atoms with Crippen LogP contribution in [0.3, 0.4) is 0 Å². The van der Waals surface area contributed by atoms with Gasteiger partial charge in [0.1, 0.15) is 11.6 Å². The molecule has 1 aliphatic heterocycles. The Morgan fingerprint density at radius 1 is 1.22 bits per heavy atom. The number of fused-ring (bicyclic) bond motifs is 1. The van der Waals surface area contributed by atoms with Crippen LogP contribution in [0.4, 0.5) is 10.5 Å². The van der Waals surface area contributed by atoms with E-state index in [0.29, 0.717) is 0 Å². The van der Waals surface area contributed by atoms with E-state index in [2.05, 4.69) is 0 Å². The van der Waals surface area contributed by atoms with Crippen LogP contribution in [0.5, 0.6) is 0 Å². The molecule has 1 aliphatic carbocycles. The topological polar surface area (TPSA) is 66.9 Å². The van der Waals surface area contributed by atoms with Gasteiger partial charge in [0.2, 0.25) is 11.8 Å². The van der Waals surface area contributed by atoms with Crippen LogP contribution in [0.1, 0.15) is 45.6 Å². The van der Waals surface area contributed by atoms with Crippen LogP contribution < -0.4 is 4.90 Å². The first kappa shape index (κ1) is 19.4. The maximum absolute atomic E-state index is 13.3. The maximum Gasteiger partial charge on any atom is 0.417 e. The number of amides is 3. The lowest BCUT2D eigenvalue weighted by molar-refractivity contribution is -0.135. The molecule has 146 valence electrons. The Labute approximate surface area is 160 Å². The fraction of sp³-hybridized carbons (Fsp3) is 0.571. The van der Waals surface area contributed by atoms with Gasteiger partial charge in [0.05, 0.1) is 0 Å². The van der Waals surface area contributed by atoms with Gasteiger partial charge in [-0.3, -0.25) is 9.59 Å². The average Bonchev–Trinajstić information content (AvgIpc) is 3.14. The molecule has 2 aliphatic rings. The molecule has 1 saturated heterocycles. The minimum atomic E-state index is -0.801. The second-order valence-electron chi connectivity index (χ2n) is 8.57. The predicted molar refractivity (Wildman–Crippen MR) is 102 cm³/mol. The van der Waals surface area contributed by atoms with Gasteiger partial charge in [-0.1, -0.05) is 18.6 Å². The third-order valence-electron chi connectivity index (χ3n) is 5.37. The largest absolute Gasteiger partial charge is 0.443 e. The van der Waals surface area contributed by atoms with E-state index in [1.54, 1.807) is 32.7 Å². The molecule has 0 aromatic heterocycles. The van der Waals surface area contributed by atoms with Crippen molar-refractivity contribution in [2.45, 2.75) is 58.6 Å². The lowest BCUT2D eigenvalue weighted by Crippen LogP contribution is -2.51. The standard InChI is InChI=1S/C21H28N2O4/c1-13-8-6-9-14(12-13)22(5)19(25)17-15-10-7-11-16(15)18(24)23(17)20(26)27-21(2,3)4/h6,8-9,12,15-17H,7,10-11H2,1-5H3/t15-,16+,17-/m0/s1. The van der Waals surface area contributed by atoms with Gasteiger partial charge in [0.25, 0.3) is 0 Å². The van der Waals surface area contributed by atoms with E-state index in [-0.39, 0.29) is 23.7 Å². The van der Waals surface area contributed by atoms with Crippen LogP contribution in [-0.2, 0) is 14.3 Å². The Bertz CT molecular complexity index is 768. The van der Waals surface area contributed by atoms with Crippen molar-refractivity contribution >= 4 is 23.6 Å². The van der Waals surface area contributed by atoms with Crippen molar-refractivity contribution < 1.29 is 19.1 Å². The highest BCUT2D eigenvalue weighted by atomic mass is 16.6. The highest BCUT2D eigenvalue weighted by Gasteiger charge is 2.56. The number of carbonyl (C=O) groups excluding carboxylic acids is 3. The maximum atomic E-state index is 13.3. The summed E-state index contributed by atoms with van der Waals surface area (Å²) in [6.07, 6.45) is 1.67. The molecule has 2 fully saturated rings. The van der Waals surface area contributed by atoms with Crippen LogP contribution in [0.25, 0.3) is 0 Å². The second-order valence-corrected chi connectivity index (χ2v) is 8.57. The third-order valence-corrected chi connectivity index (χ3v) is 5.37. The van der Waals surface area contributed by atoms with Crippen LogP contribution in [0.2, 0.25) is 0 Å². The Kier molecular flexibility index (Phi) is 5.02. The molecule has 3 rings (SSSR count). The monoisotopic (exact) mass is 372 g/mol. The molecule has 1 heterocycles. The number of likely N-dealkylation sites (tertiary alicyclic amines) is 1. The van der Waals surface area contributed by atoms with Crippen molar-refractivity contribution in [2.24, 2.45) is 11.8 Å². The zero-order valence-corrected chi connectivity index (χ0v) is 16.7. The first-order chi connectivity index (χ1) is 12.6. The third kappa shape index (κ3) is 3.70. The van der Waals surface area contributed by atoms with Gasteiger partial charge in [0, 0.05) is 24.6 Å². The number of hydrogen-bond acceptors (Lipinski definition) is 4. The smallest absolute Gasteiger partial charge is 0.417 e. The molecule has 1 saturated carbocycles. The lowest BCUT2D eigenvalue weighted by atomic mass is 9.93. The second kappa shape index (κ2) is 6.98. The Hall–Kier alpha value is -2.37. The minimum Gasteiger partial charge on any atom is -0.443 e. The number of nitrogens with zero attached hydrogens (tertiary/aromatic N) is 2. The summed E-state index contributed by atoms with van der Waals surface area (Å²) in [5.74, 6) is -0.917. The summed E-state index contributed by atoms with van der Waals surface area (Å²) in [6, 6.07) is 6.81. The molecule has 6 heteroatoms. The number of ether oxygens (including phenoxy) is 1. The van der Waals surface area contributed by atoms with Crippen LogP contribution in [0.15, 0.2) is 24.3 Å². The van der Waals surface area contributed by atoms with Crippen LogP contribution >= 0.6 is 0 Å². The average molecular weight is 372 g/mol. The quantitative estimate of drug-likeness (QED) is 0.797. The van der Waals surface area contributed by atoms with E-state index in [1.807, 2.05) is 31.2 Å². The van der Waals surface area contributed by atoms with Crippen molar-refractivity contribution in [1.29, 1.82) is 0 Å². The van der Waals surface area contributed by atoms with E-state index in [4.69, 9.17) is 4.74 Å². The van der Waals surface area contributed by atoms with E-state index in [0.717, 1.165) is 35.4 Å². The number of rotatable bonds is 2. The number of carbonyl (C=O) groups is 3. The molecule has 0 bridgehead atoms. The number of hydrogen-bond donors (Lipinski definition) is 0. The molecule has 0 radical (unpaired) electrons. The van der Waals surface area contributed by atoms with Gasteiger partial charge in [-0.2, -0.15) is 0 Å². The number of imide groups is 1. The molecule has 1 aromatic carbocycles. The van der Waals surface area contributed by atoms with Gasteiger partial charge >= 0.3 is 6.09 Å². The molecule has 3 atom stereocenters. The van der Waals surface area contributed by atoms with Gasteiger partial charge in [0.15, 0.2) is 0 Å². The summed E-state index contributed by atoms with van der Waals surface area (Å²) in [5, 5.41) is 0. The fourth-order valence-electron chi connectivity index (χ4n) is 4.15. The van der Waals surface area contributed by atoms with Crippen molar-refractivity contribution in [3.8, 4) is 0 Å². The normalized spacial score (nSPS) is 24.7. The predicted octanol–water partition coefficient (Wildman–Crippen LogP) is 3.52. The summed E-state index contributed by atoms with van der Waals surface area (Å²) in [6.45, 7) is 7.22. The van der Waals surface area contributed by atoms with E-state index in [1.165, 1.54) is 0 Å². The van der Waals surface area contributed by atoms with E-state index in [9.17, 15) is 14.4 Å². The number of aryl methyl sites for hydroxylation is 1. The summed E-state index contributed by atoms with van der Waals surface area (Å²) < 4.78 is 5.44. The molecule has 0 N–H and O–H groups in total. The molecule has 27 heavy (non-hydrogen) atoms. The van der Waals surface area contributed by atoms with Gasteiger partial charge in [-0.25, -0.2) is 9.69 Å². The lowest BCUT2D eigenvalue weighted by Gasteiger charge is -2.31. The number of benzene rings is 1. The summed E-state index contributed by atoms with van der Waals surface area (Å²) in [5.41, 5.74) is 1.06. The fourth-order valence-corrected chi connectivity index (χ4v) is 4.15. The van der Waals surface area contributed by atoms with Crippen molar-refractivity contribution in [3.05, 3.63) is 29.8 Å². The zero-order chi connectivity index (χ0) is 19.9. The Morgan fingerprint density at radius 2 is 1.93 bits per heavy atom. The first-order valence-corrected chi connectivity index (χ1v) is 9.50. The molecular formula is C21H28N2O4. The molecule has 0 unspecified atom stereocenters. The zero-order valence-electron chi connectivity index (χ0n) is 16.7. The molecule has 6 nitrogen and oxygen atoms in total. The highest BCUT2D eigenvalue weighted by molar-refractivity contribution is 6.07. The van der Waals surface area contributed by atoms with Crippen molar-refractivity contribution in [1.82, 2.24) is 4.90 Å². The van der Waals surface area contributed by atoms with Crippen LogP contribution in [0, 0.1) is 18.8 Å². The van der Waals surface area contributed by atoms with Gasteiger partial charge < -0.3 is 9.64 Å². The van der Waals surface area contributed by atoms with Gasteiger partial charge in [-0.15, -0.1) is 0 Å². The van der Waals surface area contributed by atoms with Crippen molar-refractivity contribution in [2.75, 3.05) is 11.9 Å². The molecule has 3 amide bonds. The van der Waals surface area contributed by atoms with Crippen molar-refractivity contribution in [3.63, 3.8) is 0 Å². The number of anilines is 1. The number of likely N-dealkylation sites (N-methyl/N-ethyl adjacent to an activating group) is 1. The van der Waals surface area contributed by atoms with E-state index >= 15 is 0 Å². The summed E-state index contributed by atoms with van der Waals surface area (Å²) >= 11 is 0. The SMILES string of the molecule is Cc1cccc(N(C)C(=O)[C@@H]2[C@H]3CCC[C@H]3C(=O)N2C(=O)OC(C)(C)C)c1. The highest BCUT2D eigenvalue weighted by Crippen LogP contribution is 2.44. The minimum absolute atomic E-state index is 0.134. The molecular weight excluding hydrogens is 344 g/mol. The Balaban J connectivity index is 1.92. The Morgan fingerprint density at radius 3 is 2.56 bits per heavy atom. The van der Waals surface area contributed by atoms with Crippen LogP contribution in [-0.4, -0.2) is 41.5 Å². The molecule has 1 aromatic rings. The molecule has 0 spiro atoms. The first-order valence-electron chi connectivity index (χ1n) is 9.50.